The monoisotopic (exact) mass is 200 g/mol. The fourth-order valence-corrected chi connectivity index (χ4v) is 1.11. The van der Waals surface area contributed by atoms with Gasteiger partial charge in [-0.3, -0.25) is 0 Å². The zero-order valence-corrected chi connectivity index (χ0v) is 7.81. The number of nitrogens with one attached hydrogen (secondary N) is 2. The maximum absolute atomic E-state index is 8.61. The Balaban J connectivity index is 1.97. The summed E-state index contributed by atoms with van der Waals surface area (Å²) in [4.78, 5) is 0. The van der Waals surface area contributed by atoms with Crippen LogP contribution in [-0.2, 0) is 6.54 Å². The molecule has 1 aromatic carbocycles. The van der Waals surface area contributed by atoms with E-state index in [0.717, 1.165) is 5.56 Å². The summed E-state index contributed by atoms with van der Waals surface area (Å²) >= 11 is 0. The van der Waals surface area contributed by atoms with Gasteiger partial charge in [0.25, 0.3) is 5.95 Å². The summed E-state index contributed by atoms with van der Waals surface area (Å²) in [6.45, 7) is 0.602. The van der Waals surface area contributed by atoms with Gasteiger partial charge < -0.3 is 5.32 Å². The van der Waals surface area contributed by atoms with E-state index >= 15 is 0 Å². The van der Waals surface area contributed by atoms with Crippen LogP contribution in [-0.4, -0.2) is 20.6 Å². The second-order valence-corrected chi connectivity index (χ2v) is 2.90. The molecule has 0 unspecified atom stereocenters. The third-order valence-corrected chi connectivity index (χ3v) is 1.88. The quantitative estimate of drug-likeness (QED) is 0.760. The maximum atomic E-state index is 8.61. The summed E-state index contributed by atoms with van der Waals surface area (Å²) in [6.07, 6.45) is 0. The molecule has 0 atom stereocenters. The van der Waals surface area contributed by atoms with E-state index in [2.05, 4.69) is 32.0 Å². The SMILES string of the molecule is N#Cc1ccc(CNc2nn[nH]n2)cc1. The Labute approximate surface area is 85.9 Å². The second kappa shape index (κ2) is 4.19. The van der Waals surface area contributed by atoms with Gasteiger partial charge in [0.2, 0.25) is 0 Å². The predicted molar refractivity (Wildman–Crippen MR) is 52.7 cm³/mol. The molecule has 6 nitrogen and oxygen atoms in total. The topological polar surface area (TPSA) is 90.3 Å². The lowest BCUT2D eigenvalue weighted by Gasteiger charge is -2.00. The lowest BCUT2D eigenvalue weighted by molar-refractivity contribution is 0.881. The van der Waals surface area contributed by atoms with Crippen molar-refractivity contribution in [1.29, 1.82) is 5.26 Å². The molecule has 2 rings (SSSR count). The summed E-state index contributed by atoms with van der Waals surface area (Å²) in [5.74, 6) is 0.458. The van der Waals surface area contributed by atoms with Crippen LogP contribution in [0, 0.1) is 11.3 Å². The van der Waals surface area contributed by atoms with E-state index in [9.17, 15) is 0 Å². The van der Waals surface area contributed by atoms with Gasteiger partial charge in [-0.1, -0.05) is 17.2 Å². The molecule has 1 aromatic heterocycles. The molecule has 1 heterocycles. The molecule has 0 spiro atoms. The number of benzene rings is 1. The van der Waals surface area contributed by atoms with Crippen molar-refractivity contribution in [3.8, 4) is 6.07 Å². The van der Waals surface area contributed by atoms with Crippen LogP contribution in [0.25, 0.3) is 0 Å². The van der Waals surface area contributed by atoms with Crippen molar-refractivity contribution in [2.24, 2.45) is 0 Å². The molecule has 0 aliphatic rings. The van der Waals surface area contributed by atoms with Crippen LogP contribution < -0.4 is 5.32 Å². The molecule has 74 valence electrons. The zero-order chi connectivity index (χ0) is 10.5. The van der Waals surface area contributed by atoms with Gasteiger partial charge in [0.1, 0.15) is 0 Å². The van der Waals surface area contributed by atoms with Crippen molar-refractivity contribution in [2.75, 3.05) is 5.32 Å². The fourth-order valence-electron chi connectivity index (χ4n) is 1.11. The van der Waals surface area contributed by atoms with Crippen molar-refractivity contribution in [3.05, 3.63) is 35.4 Å². The highest BCUT2D eigenvalue weighted by molar-refractivity contribution is 5.33. The van der Waals surface area contributed by atoms with Gasteiger partial charge in [-0.25, -0.2) is 0 Å². The highest BCUT2D eigenvalue weighted by atomic mass is 15.5. The second-order valence-electron chi connectivity index (χ2n) is 2.90. The number of aromatic nitrogens is 4. The van der Waals surface area contributed by atoms with E-state index in [1.807, 2.05) is 12.1 Å². The van der Waals surface area contributed by atoms with Gasteiger partial charge in [-0.05, 0) is 22.9 Å². The van der Waals surface area contributed by atoms with Crippen LogP contribution in [0.3, 0.4) is 0 Å². The first-order chi connectivity index (χ1) is 7.38. The van der Waals surface area contributed by atoms with Gasteiger partial charge in [0.15, 0.2) is 0 Å². The molecule has 0 aliphatic heterocycles. The Morgan fingerprint density at radius 2 is 2.13 bits per heavy atom. The molecule has 0 saturated heterocycles. The Morgan fingerprint density at radius 3 is 2.73 bits per heavy atom. The Morgan fingerprint density at radius 1 is 1.33 bits per heavy atom. The molecule has 0 fully saturated rings. The number of nitriles is 1. The minimum absolute atomic E-state index is 0.458. The smallest absolute Gasteiger partial charge is 0.263 e. The van der Waals surface area contributed by atoms with Gasteiger partial charge in [-0.2, -0.15) is 10.5 Å². The van der Waals surface area contributed by atoms with E-state index in [-0.39, 0.29) is 0 Å². The Bertz CT molecular complexity index is 452. The predicted octanol–water partition coefficient (Wildman–Crippen LogP) is 0.683. The molecule has 6 heteroatoms. The van der Waals surface area contributed by atoms with Crippen LogP contribution in [0.2, 0.25) is 0 Å². The van der Waals surface area contributed by atoms with Crippen molar-refractivity contribution in [2.45, 2.75) is 6.54 Å². The number of rotatable bonds is 3. The standard InChI is InChI=1S/C9H8N6/c10-5-7-1-3-8(4-2-7)6-11-9-12-14-15-13-9/h1-4H,6H2,(H2,11,12,13,14,15). The summed E-state index contributed by atoms with van der Waals surface area (Å²) in [7, 11) is 0. The Hall–Kier alpha value is -2.42. The molecule has 2 N–H and O–H groups in total. The normalized spacial score (nSPS) is 9.53. The summed E-state index contributed by atoms with van der Waals surface area (Å²) in [5.41, 5.74) is 1.71. The van der Waals surface area contributed by atoms with Crippen LogP contribution >= 0.6 is 0 Å². The number of H-pyrrole nitrogens is 1. The number of hydrogen-bond acceptors (Lipinski definition) is 5. The summed E-state index contributed by atoms with van der Waals surface area (Å²) < 4.78 is 0. The van der Waals surface area contributed by atoms with Gasteiger partial charge >= 0.3 is 0 Å². The fraction of sp³-hybridized carbons (Fsp3) is 0.111. The van der Waals surface area contributed by atoms with Crippen LogP contribution in [0.4, 0.5) is 5.95 Å². The molecule has 0 radical (unpaired) electrons. The number of tetrazole rings is 1. The molecule has 0 bridgehead atoms. The largest absolute Gasteiger partial charge is 0.348 e. The molecule has 15 heavy (non-hydrogen) atoms. The molecule has 0 aliphatic carbocycles. The average molecular weight is 200 g/mol. The first kappa shape index (κ1) is 9.15. The third kappa shape index (κ3) is 2.28. The Kier molecular flexibility index (Phi) is 2.56. The number of anilines is 1. The lowest BCUT2D eigenvalue weighted by atomic mass is 10.1. The van der Waals surface area contributed by atoms with Crippen molar-refractivity contribution < 1.29 is 0 Å². The molecule has 0 amide bonds. The highest BCUT2D eigenvalue weighted by Gasteiger charge is 1.97. The molecular formula is C9H8N6. The maximum Gasteiger partial charge on any atom is 0.263 e. The van der Waals surface area contributed by atoms with Crippen molar-refractivity contribution in [3.63, 3.8) is 0 Å². The third-order valence-electron chi connectivity index (χ3n) is 1.88. The van der Waals surface area contributed by atoms with E-state index in [4.69, 9.17) is 5.26 Å². The lowest BCUT2D eigenvalue weighted by Crippen LogP contribution is -2.00. The first-order valence-electron chi connectivity index (χ1n) is 4.35. The highest BCUT2D eigenvalue weighted by Crippen LogP contribution is 2.04. The van der Waals surface area contributed by atoms with Crippen LogP contribution in [0.1, 0.15) is 11.1 Å². The van der Waals surface area contributed by atoms with Gasteiger partial charge in [-0.15, -0.1) is 5.10 Å². The van der Waals surface area contributed by atoms with Crippen molar-refractivity contribution in [1.82, 2.24) is 20.6 Å². The minimum atomic E-state index is 0.458. The average Bonchev–Trinajstić information content (AvgIpc) is 2.80. The summed E-state index contributed by atoms with van der Waals surface area (Å²) in [5, 5.41) is 24.9. The zero-order valence-electron chi connectivity index (χ0n) is 7.81. The van der Waals surface area contributed by atoms with Crippen LogP contribution in [0.5, 0.6) is 0 Å². The number of aromatic amines is 1. The molecule has 2 aromatic rings. The summed E-state index contributed by atoms with van der Waals surface area (Å²) in [6, 6.07) is 9.37. The van der Waals surface area contributed by atoms with Crippen molar-refractivity contribution >= 4 is 5.95 Å². The number of nitrogens with zero attached hydrogens (tertiary/aromatic N) is 4. The molecule has 0 saturated carbocycles. The van der Waals surface area contributed by atoms with E-state index in [0.29, 0.717) is 18.1 Å². The van der Waals surface area contributed by atoms with E-state index < -0.39 is 0 Å². The molecular weight excluding hydrogens is 192 g/mol. The van der Waals surface area contributed by atoms with Crippen LogP contribution in [0.15, 0.2) is 24.3 Å². The van der Waals surface area contributed by atoms with E-state index in [1.165, 1.54) is 0 Å². The van der Waals surface area contributed by atoms with Gasteiger partial charge in [0.05, 0.1) is 11.6 Å². The first-order valence-corrected chi connectivity index (χ1v) is 4.35. The minimum Gasteiger partial charge on any atom is -0.348 e. The van der Waals surface area contributed by atoms with E-state index in [1.54, 1.807) is 12.1 Å². The van der Waals surface area contributed by atoms with Gasteiger partial charge in [0, 0.05) is 6.54 Å². The number of hydrogen-bond donors (Lipinski definition) is 2.